The van der Waals surface area contributed by atoms with Crippen molar-refractivity contribution in [3.8, 4) is 0 Å². The number of carboxylic acids is 1. The number of aliphatic hydroxyl groups excluding tert-OH is 1. The molecule has 4 nitrogen and oxygen atoms in total. The Morgan fingerprint density at radius 3 is 2.12 bits per heavy atom. The van der Waals surface area contributed by atoms with Crippen LogP contribution in [0, 0.1) is 56.2 Å². The summed E-state index contributed by atoms with van der Waals surface area (Å²) in [5, 5.41) is 21.4. The Labute approximate surface area is 206 Å². The molecule has 0 aromatic heterocycles. The highest BCUT2D eigenvalue weighted by atomic mass is 16.4. The van der Waals surface area contributed by atoms with Crippen LogP contribution in [0.4, 0.5) is 0 Å². The molecular weight excluding hydrogens is 424 g/mol. The molecule has 9 atom stereocenters. The second kappa shape index (κ2) is 7.11. The highest BCUT2D eigenvalue weighted by Gasteiger charge is 2.73. The fourth-order valence-electron chi connectivity index (χ4n) is 11.1. The first-order chi connectivity index (χ1) is 15.6. The summed E-state index contributed by atoms with van der Waals surface area (Å²) >= 11 is 0. The third-order valence-electron chi connectivity index (χ3n) is 13.4. The number of ketones is 1. The lowest BCUT2D eigenvalue weighted by molar-refractivity contribution is -0.246. The molecule has 4 heteroatoms. The number of fused-ring (bicyclic) bond motifs is 7. The summed E-state index contributed by atoms with van der Waals surface area (Å²) in [6, 6.07) is 0. The molecule has 2 N–H and O–H groups in total. The highest BCUT2D eigenvalue weighted by Crippen LogP contribution is 2.76. The quantitative estimate of drug-likeness (QED) is 0.457. The van der Waals surface area contributed by atoms with Gasteiger partial charge >= 0.3 is 5.97 Å². The topological polar surface area (TPSA) is 74.6 Å². The molecule has 5 fully saturated rings. The van der Waals surface area contributed by atoms with E-state index in [1.54, 1.807) is 0 Å². The molecule has 0 amide bonds. The van der Waals surface area contributed by atoms with Crippen molar-refractivity contribution in [2.75, 3.05) is 0 Å². The number of hydrogen-bond acceptors (Lipinski definition) is 3. The molecule has 0 spiro atoms. The van der Waals surface area contributed by atoms with Gasteiger partial charge in [-0.2, -0.15) is 0 Å². The van der Waals surface area contributed by atoms with Crippen LogP contribution in [-0.4, -0.2) is 28.1 Å². The first kappa shape index (κ1) is 24.8. The van der Waals surface area contributed by atoms with Crippen LogP contribution in [0.1, 0.15) is 113 Å². The summed E-state index contributed by atoms with van der Waals surface area (Å²) in [5.41, 5.74) is -0.844. The summed E-state index contributed by atoms with van der Waals surface area (Å²) in [5.74, 6) is 0.240. The summed E-state index contributed by atoms with van der Waals surface area (Å²) < 4.78 is 0. The average molecular weight is 473 g/mol. The highest BCUT2D eigenvalue weighted by molar-refractivity contribution is 5.86. The molecule has 0 aromatic rings. The maximum absolute atomic E-state index is 14.3. The molecule has 0 heterocycles. The number of aliphatic carboxylic acids is 1. The van der Waals surface area contributed by atoms with Crippen molar-refractivity contribution < 1.29 is 19.8 Å². The zero-order valence-electron chi connectivity index (χ0n) is 22.7. The molecule has 0 radical (unpaired) electrons. The van der Waals surface area contributed by atoms with Gasteiger partial charge < -0.3 is 10.2 Å². The molecular formula is C30H48O4. The standard InChI is InChI=1S/C30H48O4/c1-25(2)12-14-30(24(33)34)15-13-29(7)23(18(30)17-25)19(31)16-21-27(5)10-9-22(32)26(3,4)20(27)8-11-28(21,29)6/h18,20-23,32H,8-17H2,1-7H3,(H,33,34)/t18-,20-,21?,22-,23-,27-,28+,29+,30-/m0/s1. The van der Waals surface area contributed by atoms with Gasteiger partial charge in [-0.15, -0.1) is 0 Å². The fraction of sp³-hybridized carbons (Fsp3) is 0.933. The maximum Gasteiger partial charge on any atom is 0.309 e. The number of Topliss-reactive ketones (excluding diaryl/α,β-unsaturated/α-hetero) is 1. The number of aliphatic hydroxyl groups is 1. The Bertz CT molecular complexity index is 905. The van der Waals surface area contributed by atoms with Crippen molar-refractivity contribution in [3.63, 3.8) is 0 Å². The Hall–Kier alpha value is -0.900. The predicted molar refractivity (Wildman–Crippen MR) is 133 cm³/mol. The van der Waals surface area contributed by atoms with Crippen molar-refractivity contribution in [2.24, 2.45) is 56.2 Å². The van der Waals surface area contributed by atoms with Crippen molar-refractivity contribution in [3.05, 3.63) is 0 Å². The average Bonchev–Trinajstić information content (AvgIpc) is 2.72. The minimum atomic E-state index is -0.726. The van der Waals surface area contributed by atoms with Crippen molar-refractivity contribution >= 4 is 11.8 Å². The molecule has 0 aromatic carbocycles. The van der Waals surface area contributed by atoms with Gasteiger partial charge in [-0.25, -0.2) is 0 Å². The van der Waals surface area contributed by atoms with Gasteiger partial charge in [0.2, 0.25) is 0 Å². The third-order valence-corrected chi connectivity index (χ3v) is 13.4. The molecule has 0 aliphatic heterocycles. The zero-order valence-corrected chi connectivity index (χ0v) is 22.7. The second-order valence-electron chi connectivity index (χ2n) is 15.4. The zero-order chi connectivity index (χ0) is 25.1. The van der Waals surface area contributed by atoms with Crippen LogP contribution < -0.4 is 0 Å². The Balaban J connectivity index is 1.59. The second-order valence-corrected chi connectivity index (χ2v) is 15.4. The van der Waals surface area contributed by atoms with Gasteiger partial charge in [0, 0.05) is 12.3 Å². The smallest absolute Gasteiger partial charge is 0.309 e. The first-order valence-corrected chi connectivity index (χ1v) is 14.0. The van der Waals surface area contributed by atoms with Gasteiger partial charge in [-0.1, -0.05) is 48.5 Å². The lowest BCUT2D eigenvalue weighted by Crippen LogP contribution is -2.69. The molecule has 34 heavy (non-hydrogen) atoms. The van der Waals surface area contributed by atoms with Crippen molar-refractivity contribution in [1.82, 2.24) is 0 Å². The first-order valence-electron chi connectivity index (χ1n) is 14.0. The van der Waals surface area contributed by atoms with E-state index >= 15 is 0 Å². The largest absolute Gasteiger partial charge is 0.481 e. The lowest BCUT2D eigenvalue weighted by atomic mass is 9.31. The van der Waals surface area contributed by atoms with Crippen LogP contribution in [0.3, 0.4) is 0 Å². The summed E-state index contributed by atoms with van der Waals surface area (Å²) in [4.78, 5) is 27.0. The fourth-order valence-corrected chi connectivity index (χ4v) is 11.1. The molecule has 192 valence electrons. The number of rotatable bonds is 1. The van der Waals surface area contributed by atoms with E-state index in [2.05, 4.69) is 48.5 Å². The normalized spacial score (nSPS) is 53.6. The van der Waals surface area contributed by atoms with Crippen LogP contribution in [-0.2, 0) is 9.59 Å². The lowest BCUT2D eigenvalue weighted by Gasteiger charge is -2.72. The van der Waals surface area contributed by atoms with E-state index in [-0.39, 0.29) is 45.0 Å². The predicted octanol–water partition coefficient (Wildman–Crippen LogP) is 6.49. The van der Waals surface area contributed by atoms with Crippen LogP contribution in [0.2, 0.25) is 0 Å². The van der Waals surface area contributed by atoms with Gasteiger partial charge in [-0.05, 0) is 103 Å². The number of hydrogen-bond donors (Lipinski definition) is 2. The van der Waals surface area contributed by atoms with E-state index in [0.717, 1.165) is 51.4 Å². The van der Waals surface area contributed by atoms with Crippen molar-refractivity contribution in [2.45, 2.75) is 119 Å². The van der Waals surface area contributed by atoms with Gasteiger partial charge in [0.05, 0.1) is 11.5 Å². The van der Waals surface area contributed by atoms with Crippen LogP contribution in [0.15, 0.2) is 0 Å². The van der Waals surface area contributed by atoms with Crippen LogP contribution in [0.25, 0.3) is 0 Å². The van der Waals surface area contributed by atoms with Crippen LogP contribution >= 0.6 is 0 Å². The molecule has 1 unspecified atom stereocenters. The monoisotopic (exact) mass is 472 g/mol. The number of carbonyl (C=O) groups excluding carboxylic acids is 1. The van der Waals surface area contributed by atoms with E-state index in [0.29, 0.717) is 30.5 Å². The molecule has 0 saturated heterocycles. The van der Waals surface area contributed by atoms with E-state index in [1.165, 1.54) is 0 Å². The maximum atomic E-state index is 14.3. The Kier molecular flexibility index (Phi) is 5.18. The van der Waals surface area contributed by atoms with E-state index in [9.17, 15) is 19.8 Å². The molecule has 0 bridgehead atoms. The van der Waals surface area contributed by atoms with Gasteiger partial charge in [0.25, 0.3) is 0 Å². The minimum absolute atomic E-state index is 0.0292. The molecule has 5 rings (SSSR count). The third kappa shape index (κ3) is 2.87. The van der Waals surface area contributed by atoms with E-state index < -0.39 is 11.4 Å². The van der Waals surface area contributed by atoms with E-state index in [4.69, 9.17) is 0 Å². The van der Waals surface area contributed by atoms with Gasteiger partial charge in [-0.3, -0.25) is 9.59 Å². The van der Waals surface area contributed by atoms with E-state index in [1.807, 2.05) is 0 Å². The SMILES string of the molecule is CC1(C)CC[C@]2(C(=O)O)CC[C@]3(C)[C@H](C(=O)CC4[C@@]5(C)CC[C@H](O)C(C)(C)[C@@H]5CC[C@]43C)[C@@H]2C1. The minimum Gasteiger partial charge on any atom is -0.481 e. The summed E-state index contributed by atoms with van der Waals surface area (Å²) in [6.45, 7) is 16.3. The van der Waals surface area contributed by atoms with Gasteiger partial charge in [0.1, 0.15) is 5.78 Å². The van der Waals surface area contributed by atoms with Crippen LogP contribution in [0.5, 0.6) is 0 Å². The summed E-state index contributed by atoms with van der Waals surface area (Å²) in [6.07, 6.45) is 8.40. The number of carbonyl (C=O) groups is 2. The molecule has 5 aliphatic carbocycles. The number of carboxylic acid groups (broad SMARTS) is 1. The van der Waals surface area contributed by atoms with Crippen molar-refractivity contribution in [1.29, 1.82) is 0 Å². The Morgan fingerprint density at radius 2 is 1.47 bits per heavy atom. The van der Waals surface area contributed by atoms with Gasteiger partial charge in [0.15, 0.2) is 0 Å². The Morgan fingerprint density at radius 1 is 0.824 bits per heavy atom. The molecule has 5 aliphatic rings. The summed E-state index contributed by atoms with van der Waals surface area (Å²) in [7, 11) is 0. The molecule has 5 saturated carbocycles.